The summed E-state index contributed by atoms with van der Waals surface area (Å²) in [4.78, 5) is 17.5. The summed E-state index contributed by atoms with van der Waals surface area (Å²) >= 11 is 1.73. The standard InChI is InChI=1S/C23H22N2O2S/c1-16-19-7-6-18-4-2-3-5-20(18)22(19)27-21(16)23(26)25-11-9-24(10-12-25)14-17-8-13-28-15-17/h2-8,13,15H,9-12,14H2,1H3. The van der Waals surface area contributed by atoms with Crippen molar-refractivity contribution in [3.05, 3.63) is 70.1 Å². The Morgan fingerprint density at radius 1 is 1.04 bits per heavy atom. The Labute approximate surface area is 168 Å². The van der Waals surface area contributed by atoms with Crippen molar-refractivity contribution in [1.82, 2.24) is 9.80 Å². The molecule has 0 saturated carbocycles. The van der Waals surface area contributed by atoms with E-state index in [4.69, 9.17) is 4.42 Å². The molecule has 1 saturated heterocycles. The highest BCUT2D eigenvalue weighted by Crippen LogP contribution is 2.32. The molecule has 4 nitrogen and oxygen atoms in total. The van der Waals surface area contributed by atoms with Gasteiger partial charge in [0.05, 0.1) is 0 Å². The lowest BCUT2D eigenvalue weighted by Gasteiger charge is -2.34. The van der Waals surface area contributed by atoms with Crippen LogP contribution in [0.1, 0.15) is 21.7 Å². The summed E-state index contributed by atoms with van der Waals surface area (Å²) in [7, 11) is 0. The average molecular weight is 391 g/mol. The molecule has 0 spiro atoms. The number of rotatable bonds is 3. The largest absolute Gasteiger partial charge is 0.450 e. The van der Waals surface area contributed by atoms with Crippen molar-refractivity contribution in [3.63, 3.8) is 0 Å². The maximum Gasteiger partial charge on any atom is 0.289 e. The van der Waals surface area contributed by atoms with Gasteiger partial charge in [-0.3, -0.25) is 9.69 Å². The van der Waals surface area contributed by atoms with E-state index in [-0.39, 0.29) is 5.91 Å². The first-order valence-corrected chi connectivity index (χ1v) is 10.6. The van der Waals surface area contributed by atoms with Gasteiger partial charge >= 0.3 is 0 Å². The van der Waals surface area contributed by atoms with Crippen molar-refractivity contribution >= 4 is 39.0 Å². The highest BCUT2D eigenvalue weighted by atomic mass is 32.1. The predicted octanol–water partition coefficient (Wildman–Crippen LogP) is 4.91. The van der Waals surface area contributed by atoms with Crippen molar-refractivity contribution in [1.29, 1.82) is 0 Å². The van der Waals surface area contributed by atoms with Crippen LogP contribution in [0.25, 0.3) is 21.7 Å². The van der Waals surface area contributed by atoms with E-state index in [9.17, 15) is 4.79 Å². The van der Waals surface area contributed by atoms with Gasteiger partial charge in [0.15, 0.2) is 5.76 Å². The number of fused-ring (bicyclic) bond motifs is 3. The van der Waals surface area contributed by atoms with E-state index in [0.29, 0.717) is 5.76 Å². The molecular weight excluding hydrogens is 368 g/mol. The Morgan fingerprint density at radius 3 is 2.64 bits per heavy atom. The highest BCUT2D eigenvalue weighted by molar-refractivity contribution is 7.07. The average Bonchev–Trinajstić information content (AvgIpc) is 3.36. The van der Waals surface area contributed by atoms with Crippen molar-refractivity contribution < 1.29 is 9.21 Å². The molecule has 1 fully saturated rings. The molecule has 28 heavy (non-hydrogen) atoms. The van der Waals surface area contributed by atoms with Gasteiger partial charge in [0, 0.05) is 49.1 Å². The van der Waals surface area contributed by atoms with Crippen LogP contribution in [0.4, 0.5) is 0 Å². The maximum atomic E-state index is 13.2. The molecule has 2 aromatic heterocycles. The fourth-order valence-corrected chi connectivity index (χ4v) is 4.71. The van der Waals surface area contributed by atoms with Crippen LogP contribution in [0, 0.1) is 6.92 Å². The van der Waals surface area contributed by atoms with Gasteiger partial charge in [-0.05, 0) is 34.7 Å². The van der Waals surface area contributed by atoms with Crippen LogP contribution < -0.4 is 0 Å². The summed E-state index contributed by atoms with van der Waals surface area (Å²) in [5, 5.41) is 7.52. The van der Waals surface area contributed by atoms with Gasteiger partial charge in [-0.15, -0.1) is 0 Å². The minimum absolute atomic E-state index is 0.00737. The smallest absolute Gasteiger partial charge is 0.289 e. The molecule has 1 amide bonds. The number of piperazine rings is 1. The molecule has 2 aromatic carbocycles. The molecule has 3 heterocycles. The predicted molar refractivity (Wildman–Crippen MR) is 114 cm³/mol. The molecule has 142 valence electrons. The molecule has 0 atom stereocenters. The zero-order valence-corrected chi connectivity index (χ0v) is 16.7. The van der Waals surface area contributed by atoms with E-state index < -0.39 is 0 Å². The SMILES string of the molecule is Cc1c(C(=O)N2CCN(Cc3ccsc3)CC2)oc2c1ccc1ccccc12. The van der Waals surface area contributed by atoms with E-state index in [1.54, 1.807) is 11.3 Å². The minimum Gasteiger partial charge on any atom is -0.450 e. The van der Waals surface area contributed by atoms with E-state index in [1.165, 1.54) is 5.56 Å². The lowest BCUT2D eigenvalue weighted by atomic mass is 10.1. The van der Waals surface area contributed by atoms with Crippen LogP contribution in [0.2, 0.25) is 0 Å². The van der Waals surface area contributed by atoms with Gasteiger partial charge < -0.3 is 9.32 Å². The first kappa shape index (κ1) is 17.5. The zero-order chi connectivity index (χ0) is 19.1. The Kier molecular flexibility index (Phi) is 4.41. The number of thiophene rings is 1. The first-order chi connectivity index (χ1) is 13.7. The van der Waals surface area contributed by atoms with Gasteiger partial charge in [0.2, 0.25) is 0 Å². The van der Waals surface area contributed by atoms with Gasteiger partial charge in [-0.2, -0.15) is 11.3 Å². The summed E-state index contributed by atoms with van der Waals surface area (Å²) in [6, 6.07) is 14.5. The Morgan fingerprint density at radius 2 is 1.86 bits per heavy atom. The molecule has 0 radical (unpaired) electrons. The zero-order valence-electron chi connectivity index (χ0n) is 15.9. The summed E-state index contributed by atoms with van der Waals surface area (Å²) in [6.45, 7) is 6.20. The summed E-state index contributed by atoms with van der Waals surface area (Å²) in [5.41, 5.74) is 3.10. The number of furan rings is 1. The summed E-state index contributed by atoms with van der Waals surface area (Å²) < 4.78 is 6.14. The number of hydrogen-bond acceptors (Lipinski definition) is 4. The number of hydrogen-bond donors (Lipinski definition) is 0. The lowest BCUT2D eigenvalue weighted by molar-refractivity contribution is 0.0599. The maximum absolute atomic E-state index is 13.2. The van der Waals surface area contributed by atoms with Gasteiger partial charge in [-0.1, -0.05) is 36.4 Å². The monoisotopic (exact) mass is 390 g/mol. The number of carbonyl (C=O) groups excluding carboxylic acids is 1. The molecule has 0 aliphatic carbocycles. The van der Waals surface area contributed by atoms with Crippen LogP contribution >= 0.6 is 11.3 Å². The molecule has 5 rings (SSSR count). The highest BCUT2D eigenvalue weighted by Gasteiger charge is 2.27. The molecule has 0 N–H and O–H groups in total. The number of amides is 1. The second-order valence-electron chi connectivity index (χ2n) is 7.42. The number of aryl methyl sites for hydroxylation is 1. The van der Waals surface area contributed by atoms with E-state index in [1.807, 2.05) is 24.0 Å². The van der Waals surface area contributed by atoms with Crippen molar-refractivity contribution in [2.75, 3.05) is 26.2 Å². The summed E-state index contributed by atoms with van der Waals surface area (Å²) in [5.74, 6) is 0.491. The topological polar surface area (TPSA) is 36.7 Å². The molecule has 5 heteroatoms. The van der Waals surface area contributed by atoms with Crippen LogP contribution in [-0.4, -0.2) is 41.9 Å². The second-order valence-corrected chi connectivity index (χ2v) is 8.20. The third kappa shape index (κ3) is 3.01. The van der Waals surface area contributed by atoms with Gasteiger partial charge in [-0.25, -0.2) is 0 Å². The number of benzene rings is 2. The molecule has 1 aliphatic heterocycles. The Balaban J connectivity index is 1.37. The van der Waals surface area contributed by atoms with Gasteiger partial charge in [0.25, 0.3) is 5.91 Å². The van der Waals surface area contributed by atoms with Crippen molar-refractivity contribution in [2.45, 2.75) is 13.5 Å². The quantitative estimate of drug-likeness (QED) is 0.498. The first-order valence-electron chi connectivity index (χ1n) is 9.64. The van der Waals surface area contributed by atoms with Crippen LogP contribution in [0.15, 0.2) is 57.6 Å². The van der Waals surface area contributed by atoms with E-state index >= 15 is 0 Å². The third-order valence-electron chi connectivity index (χ3n) is 5.67. The fourth-order valence-electron chi connectivity index (χ4n) is 4.05. The summed E-state index contributed by atoms with van der Waals surface area (Å²) in [6.07, 6.45) is 0. The fraction of sp³-hybridized carbons (Fsp3) is 0.261. The molecule has 1 aliphatic rings. The number of carbonyl (C=O) groups is 1. The minimum atomic E-state index is 0.00737. The van der Waals surface area contributed by atoms with Crippen molar-refractivity contribution in [2.24, 2.45) is 0 Å². The van der Waals surface area contributed by atoms with Crippen LogP contribution in [0.3, 0.4) is 0 Å². The normalized spacial score (nSPS) is 15.5. The van der Waals surface area contributed by atoms with Gasteiger partial charge in [0.1, 0.15) is 5.58 Å². The number of nitrogens with zero attached hydrogens (tertiary/aromatic N) is 2. The Hall–Kier alpha value is -2.63. The second kappa shape index (κ2) is 7.08. The lowest BCUT2D eigenvalue weighted by Crippen LogP contribution is -2.48. The molecule has 0 unspecified atom stereocenters. The third-order valence-corrected chi connectivity index (χ3v) is 6.40. The van der Waals surface area contributed by atoms with E-state index in [2.05, 4.69) is 46.0 Å². The molecule has 0 bridgehead atoms. The van der Waals surface area contributed by atoms with Crippen LogP contribution in [-0.2, 0) is 6.54 Å². The van der Waals surface area contributed by atoms with E-state index in [0.717, 1.165) is 60.0 Å². The van der Waals surface area contributed by atoms with Crippen molar-refractivity contribution in [3.8, 4) is 0 Å². The molecule has 4 aromatic rings. The van der Waals surface area contributed by atoms with Crippen LogP contribution in [0.5, 0.6) is 0 Å². The Bertz CT molecular complexity index is 1140. The molecular formula is C23H22N2O2S.